The van der Waals surface area contributed by atoms with Crippen molar-refractivity contribution in [3.05, 3.63) is 29.8 Å². The maximum atomic E-state index is 12.1. The van der Waals surface area contributed by atoms with E-state index in [0.29, 0.717) is 6.61 Å². The Morgan fingerprint density at radius 2 is 1.79 bits per heavy atom. The summed E-state index contributed by atoms with van der Waals surface area (Å²) in [5.74, 6) is 0. The van der Waals surface area contributed by atoms with Crippen LogP contribution in [0.4, 0.5) is 13.2 Å². The van der Waals surface area contributed by atoms with E-state index in [1.54, 1.807) is 0 Å². The molecule has 0 aromatic heterocycles. The Kier molecular flexibility index (Phi) is 3.71. The van der Waals surface area contributed by atoms with Crippen LogP contribution in [0.5, 0.6) is 0 Å². The third kappa shape index (κ3) is 3.15. The van der Waals surface area contributed by atoms with Gasteiger partial charge in [0.15, 0.2) is 0 Å². The maximum Gasteiger partial charge on any atom is 0.416 e. The second-order valence-corrected chi connectivity index (χ2v) is 3.68. The van der Waals surface area contributed by atoms with Gasteiger partial charge in [-0.25, -0.2) is 0 Å². The van der Waals surface area contributed by atoms with Gasteiger partial charge in [0.2, 0.25) is 0 Å². The molecule has 0 amide bonds. The molecule has 0 saturated carbocycles. The Bertz CT molecular complexity index is 281. The minimum atomic E-state index is -4.26. The number of hydrogen-bond acceptors (Lipinski definition) is 1. The van der Waals surface area contributed by atoms with Crippen molar-refractivity contribution in [3.63, 3.8) is 0 Å². The van der Waals surface area contributed by atoms with Crippen molar-refractivity contribution in [2.75, 3.05) is 6.61 Å². The standard InChI is InChI=1S/C9H9F3OSi/c1-2-13-14-8-5-3-7(4-6-8)9(10,11)12/h3-6H,2H2,1H3. The maximum absolute atomic E-state index is 12.1. The summed E-state index contributed by atoms with van der Waals surface area (Å²) in [7, 11) is 0.117. The van der Waals surface area contributed by atoms with Crippen molar-refractivity contribution in [2.45, 2.75) is 13.1 Å². The molecular formula is C9H9F3OSi. The smallest absolute Gasteiger partial charge is 0.412 e. The first kappa shape index (κ1) is 11.3. The predicted octanol–water partition coefficient (Wildman–Crippen LogP) is 1.99. The summed E-state index contributed by atoms with van der Waals surface area (Å²) in [6.45, 7) is 2.41. The van der Waals surface area contributed by atoms with Crippen molar-refractivity contribution in [1.29, 1.82) is 0 Å². The van der Waals surface area contributed by atoms with Crippen LogP contribution in [0.3, 0.4) is 0 Å². The molecule has 1 aromatic rings. The third-order valence-corrected chi connectivity index (χ3v) is 2.55. The molecule has 0 fully saturated rings. The van der Waals surface area contributed by atoms with Crippen LogP contribution in [-0.2, 0) is 10.6 Å². The number of halogens is 3. The van der Waals surface area contributed by atoms with E-state index in [1.165, 1.54) is 12.1 Å². The van der Waals surface area contributed by atoms with Crippen LogP contribution < -0.4 is 5.19 Å². The SMILES string of the molecule is CCO[Si]c1ccc(C(F)(F)F)cc1. The van der Waals surface area contributed by atoms with Gasteiger partial charge >= 0.3 is 6.18 Å². The van der Waals surface area contributed by atoms with Crippen LogP contribution in [0.25, 0.3) is 0 Å². The van der Waals surface area contributed by atoms with Gasteiger partial charge in [-0.05, 0) is 12.1 Å². The molecule has 0 unspecified atom stereocenters. The zero-order valence-corrected chi connectivity index (χ0v) is 8.56. The summed E-state index contributed by atoms with van der Waals surface area (Å²) in [4.78, 5) is 0. The van der Waals surface area contributed by atoms with E-state index < -0.39 is 11.7 Å². The fraction of sp³-hybridized carbons (Fsp3) is 0.333. The van der Waals surface area contributed by atoms with Crippen molar-refractivity contribution in [3.8, 4) is 0 Å². The lowest BCUT2D eigenvalue weighted by atomic mass is 10.2. The lowest BCUT2D eigenvalue weighted by Gasteiger charge is -2.06. The molecule has 0 aliphatic rings. The van der Waals surface area contributed by atoms with Gasteiger partial charge in [0.1, 0.15) is 0 Å². The minimum Gasteiger partial charge on any atom is -0.412 e. The van der Waals surface area contributed by atoms with Crippen molar-refractivity contribution in [2.24, 2.45) is 0 Å². The average Bonchev–Trinajstić information content (AvgIpc) is 2.14. The molecule has 0 N–H and O–H groups in total. The van der Waals surface area contributed by atoms with Gasteiger partial charge < -0.3 is 4.43 Å². The van der Waals surface area contributed by atoms with Gasteiger partial charge in [0.05, 0.1) is 5.56 Å². The van der Waals surface area contributed by atoms with E-state index >= 15 is 0 Å². The zero-order chi connectivity index (χ0) is 10.6. The van der Waals surface area contributed by atoms with Crippen LogP contribution in [0.1, 0.15) is 12.5 Å². The monoisotopic (exact) mass is 218 g/mol. The molecule has 0 atom stereocenters. The van der Waals surface area contributed by atoms with Crippen molar-refractivity contribution < 1.29 is 17.6 Å². The molecule has 2 radical (unpaired) electrons. The highest BCUT2D eigenvalue weighted by atomic mass is 28.2. The summed E-state index contributed by atoms with van der Waals surface area (Å²) >= 11 is 0. The number of alkyl halides is 3. The number of benzene rings is 1. The number of rotatable bonds is 3. The number of hydrogen-bond donors (Lipinski definition) is 0. The van der Waals surface area contributed by atoms with Gasteiger partial charge in [-0.1, -0.05) is 24.3 Å². The van der Waals surface area contributed by atoms with Gasteiger partial charge in [-0.15, -0.1) is 0 Å². The summed E-state index contributed by atoms with van der Waals surface area (Å²) in [6, 6.07) is 5.02. The first-order valence-corrected chi connectivity index (χ1v) is 5.00. The molecule has 0 spiro atoms. The van der Waals surface area contributed by atoms with E-state index in [-0.39, 0.29) is 9.76 Å². The molecular weight excluding hydrogens is 209 g/mol. The molecule has 5 heteroatoms. The normalized spacial score (nSPS) is 11.7. The molecule has 1 aromatic carbocycles. The topological polar surface area (TPSA) is 9.23 Å². The summed E-state index contributed by atoms with van der Waals surface area (Å²) in [6.07, 6.45) is -4.26. The van der Waals surface area contributed by atoms with Crippen molar-refractivity contribution in [1.82, 2.24) is 0 Å². The van der Waals surface area contributed by atoms with Gasteiger partial charge in [-0.3, -0.25) is 0 Å². The molecule has 0 aliphatic carbocycles. The van der Waals surface area contributed by atoms with Crippen molar-refractivity contribution >= 4 is 14.9 Å². The molecule has 14 heavy (non-hydrogen) atoms. The highest BCUT2D eigenvalue weighted by molar-refractivity contribution is 6.46. The fourth-order valence-corrected chi connectivity index (χ4v) is 1.50. The highest BCUT2D eigenvalue weighted by Crippen LogP contribution is 2.28. The third-order valence-electron chi connectivity index (χ3n) is 1.55. The summed E-state index contributed by atoms with van der Waals surface area (Å²) < 4.78 is 41.5. The summed E-state index contributed by atoms with van der Waals surface area (Å²) in [5, 5.41) is 0.778. The van der Waals surface area contributed by atoms with E-state index in [4.69, 9.17) is 4.43 Å². The minimum absolute atomic E-state index is 0.117. The van der Waals surface area contributed by atoms with Crippen LogP contribution in [0.15, 0.2) is 24.3 Å². The van der Waals surface area contributed by atoms with Crippen LogP contribution in [0.2, 0.25) is 0 Å². The lowest BCUT2D eigenvalue weighted by molar-refractivity contribution is -0.137. The molecule has 0 saturated heterocycles. The molecule has 0 aliphatic heterocycles. The average molecular weight is 218 g/mol. The Hall–Kier alpha value is -0.813. The molecule has 1 rings (SSSR count). The van der Waals surface area contributed by atoms with Crippen LogP contribution >= 0.6 is 0 Å². The first-order valence-electron chi connectivity index (χ1n) is 4.09. The Labute approximate surface area is 82.8 Å². The van der Waals surface area contributed by atoms with E-state index in [0.717, 1.165) is 17.3 Å². The van der Waals surface area contributed by atoms with Crippen LogP contribution in [-0.4, -0.2) is 16.4 Å². The molecule has 1 nitrogen and oxygen atoms in total. The largest absolute Gasteiger partial charge is 0.416 e. The van der Waals surface area contributed by atoms with Gasteiger partial charge in [0, 0.05) is 6.61 Å². The summed E-state index contributed by atoms with van der Waals surface area (Å²) in [5.41, 5.74) is -0.623. The molecule has 0 heterocycles. The zero-order valence-electron chi connectivity index (χ0n) is 7.56. The Morgan fingerprint density at radius 1 is 1.21 bits per heavy atom. The molecule has 0 bridgehead atoms. The van der Waals surface area contributed by atoms with Gasteiger partial charge in [0.25, 0.3) is 9.76 Å². The first-order chi connectivity index (χ1) is 6.54. The molecule has 76 valence electrons. The Morgan fingerprint density at radius 3 is 2.21 bits per heavy atom. The van der Waals surface area contributed by atoms with Crippen LogP contribution in [0, 0.1) is 0 Å². The lowest BCUT2D eigenvalue weighted by Crippen LogP contribution is -2.18. The Balaban J connectivity index is 2.69. The second kappa shape index (κ2) is 4.61. The van der Waals surface area contributed by atoms with E-state index in [2.05, 4.69) is 0 Å². The quantitative estimate of drug-likeness (QED) is 0.705. The predicted molar refractivity (Wildman–Crippen MR) is 48.5 cm³/mol. The van der Waals surface area contributed by atoms with Gasteiger partial charge in [-0.2, -0.15) is 13.2 Å². The second-order valence-electron chi connectivity index (χ2n) is 2.61. The fourth-order valence-electron chi connectivity index (χ4n) is 0.883. The van der Waals surface area contributed by atoms with E-state index in [1.807, 2.05) is 6.92 Å². The van der Waals surface area contributed by atoms with E-state index in [9.17, 15) is 13.2 Å². The highest BCUT2D eigenvalue weighted by Gasteiger charge is 2.29.